The molecule has 1 fully saturated rings. The quantitative estimate of drug-likeness (QED) is 0.916. The highest BCUT2D eigenvalue weighted by molar-refractivity contribution is 5.81. The maximum Gasteiger partial charge on any atom is 0.237 e. The van der Waals surface area contributed by atoms with E-state index < -0.39 is 0 Å². The van der Waals surface area contributed by atoms with E-state index in [1.165, 1.54) is 12.8 Å². The minimum atomic E-state index is -0.160. The third kappa shape index (κ3) is 3.27. The van der Waals surface area contributed by atoms with Crippen LogP contribution in [0.5, 0.6) is 0 Å². The van der Waals surface area contributed by atoms with Gasteiger partial charge in [0.2, 0.25) is 5.91 Å². The summed E-state index contributed by atoms with van der Waals surface area (Å²) in [5, 5.41) is 10.8. The van der Waals surface area contributed by atoms with Crippen molar-refractivity contribution in [3.63, 3.8) is 0 Å². The van der Waals surface area contributed by atoms with Crippen LogP contribution in [0.25, 0.3) is 11.0 Å². The van der Waals surface area contributed by atoms with Crippen molar-refractivity contribution in [3.05, 3.63) is 23.8 Å². The number of likely N-dealkylation sites (N-methyl/N-ethyl adjacent to an activating group) is 1. The molecule has 6 nitrogen and oxygen atoms in total. The molecule has 1 aliphatic carbocycles. The van der Waals surface area contributed by atoms with E-state index in [0.29, 0.717) is 12.6 Å². The van der Waals surface area contributed by atoms with Gasteiger partial charge in [-0.15, -0.1) is 0 Å². The number of aromatic nitrogens is 2. The number of nitrogens with one attached hydrogen (secondary N) is 1. The highest BCUT2D eigenvalue weighted by Crippen LogP contribution is 2.18. The molecule has 3 rings (SSSR count). The highest BCUT2D eigenvalue weighted by atomic mass is 16.6. The second-order valence-corrected chi connectivity index (χ2v) is 6.17. The van der Waals surface area contributed by atoms with Crippen LogP contribution in [0, 0.1) is 0 Å². The molecule has 118 valence electrons. The lowest BCUT2D eigenvalue weighted by Crippen LogP contribution is -2.46. The van der Waals surface area contributed by atoms with Crippen molar-refractivity contribution >= 4 is 16.9 Å². The Bertz CT molecular complexity index is 648. The van der Waals surface area contributed by atoms with Crippen molar-refractivity contribution < 1.29 is 9.42 Å². The first-order valence-electron chi connectivity index (χ1n) is 7.85. The van der Waals surface area contributed by atoms with Gasteiger partial charge >= 0.3 is 0 Å². The van der Waals surface area contributed by atoms with Crippen LogP contribution >= 0.6 is 0 Å². The number of benzene rings is 1. The number of hydrogen-bond donors (Lipinski definition) is 1. The van der Waals surface area contributed by atoms with Gasteiger partial charge in [-0.3, -0.25) is 9.69 Å². The summed E-state index contributed by atoms with van der Waals surface area (Å²) < 4.78 is 4.71. The molecule has 0 spiro atoms. The molecular formula is C16H22N4O2. The first-order chi connectivity index (χ1) is 10.6. The van der Waals surface area contributed by atoms with Gasteiger partial charge in [0.05, 0.1) is 6.04 Å². The average molecular weight is 302 g/mol. The van der Waals surface area contributed by atoms with Crippen molar-refractivity contribution in [2.75, 3.05) is 7.05 Å². The maximum atomic E-state index is 12.3. The highest BCUT2D eigenvalue weighted by Gasteiger charge is 2.23. The van der Waals surface area contributed by atoms with Gasteiger partial charge in [-0.2, -0.15) is 0 Å². The van der Waals surface area contributed by atoms with Crippen LogP contribution in [-0.2, 0) is 11.3 Å². The van der Waals surface area contributed by atoms with Gasteiger partial charge in [-0.05, 0) is 54.8 Å². The van der Waals surface area contributed by atoms with E-state index in [0.717, 1.165) is 29.4 Å². The molecular weight excluding hydrogens is 280 g/mol. The fourth-order valence-corrected chi connectivity index (χ4v) is 2.94. The molecule has 2 aromatic rings. The third-order valence-electron chi connectivity index (χ3n) is 4.49. The SMILES string of the molecule is CC(C(=O)NC1CCCC1)N(C)Cc1ccc2nonc2c1. The molecule has 1 unspecified atom stereocenters. The van der Waals surface area contributed by atoms with Crippen LogP contribution in [0.4, 0.5) is 0 Å². The van der Waals surface area contributed by atoms with Crippen LogP contribution in [0.3, 0.4) is 0 Å². The Balaban J connectivity index is 1.59. The van der Waals surface area contributed by atoms with E-state index in [2.05, 4.69) is 15.6 Å². The molecule has 0 bridgehead atoms. The Morgan fingerprint density at radius 1 is 1.36 bits per heavy atom. The zero-order valence-electron chi connectivity index (χ0n) is 13.1. The normalized spacial score (nSPS) is 17.2. The lowest BCUT2D eigenvalue weighted by molar-refractivity contribution is -0.126. The molecule has 1 saturated carbocycles. The predicted molar refractivity (Wildman–Crippen MR) is 83.1 cm³/mol. The van der Waals surface area contributed by atoms with Gasteiger partial charge in [-0.25, -0.2) is 4.63 Å². The molecule has 0 radical (unpaired) electrons. The Hall–Kier alpha value is -1.95. The van der Waals surface area contributed by atoms with Gasteiger partial charge in [0.1, 0.15) is 11.0 Å². The molecule has 22 heavy (non-hydrogen) atoms. The summed E-state index contributed by atoms with van der Waals surface area (Å²) >= 11 is 0. The van der Waals surface area contributed by atoms with Crippen molar-refractivity contribution in [1.82, 2.24) is 20.5 Å². The molecule has 6 heteroatoms. The number of amides is 1. The monoisotopic (exact) mass is 302 g/mol. The summed E-state index contributed by atoms with van der Waals surface area (Å²) in [4.78, 5) is 14.4. The van der Waals surface area contributed by atoms with Crippen LogP contribution in [0.15, 0.2) is 22.8 Å². The number of nitrogens with zero attached hydrogens (tertiary/aromatic N) is 3. The fourth-order valence-electron chi connectivity index (χ4n) is 2.94. The Morgan fingerprint density at radius 3 is 2.86 bits per heavy atom. The van der Waals surface area contributed by atoms with Crippen LogP contribution in [0.2, 0.25) is 0 Å². The summed E-state index contributed by atoms with van der Waals surface area (Å²) in [7, 11) is 1.96. The van der Waals surface area contributed by atoms with E-state index in [9.17, 15) is 4.79 Å². The van der Waals surface area contributed by atoms with Gasteiger partial charge in [0, 0.05) is 12.6 Å². The largest absolute Gasteiger partial charge is 0.352 e. The van der Waals surface area contributed by atoms with Crippen molar-refractivity contribution in [3.8, 4) is 0 Å². The fraction of sp³-hybridized carbons (Fsp3) is 0.562. The number of carbonyl (C=O) groups is 1. The first kappa shape index (κ1) is 15.0. The van der Waals surface area contributed by atoms with Crippen LogP contribution in [-0.4, -0.2) is 40.3 Å². The van der Waals surface area contributed by atoms with Gasteiger partial charge < -0.3 is 5.32 Å². The molecule has 1 aliphatic rings. The zero-order chi connectivity index (χ0) is 15.5. The van der Waals surface area contributed by atoms with Crippen LogP contribution in [0.1, 0.15) is 38.2 Å². The van der Waals surface area contributed by atoms with E-state index in [4.69, 9.17) is 4.63 Å². The summed E-state index contributed by atoms with van der Waals surface area (Å²) in [6.45, 7) is 2.63. The molecule has 1 atom stereocenters. The molecule has 1 aromatic carbocycles. The zero-order valence-corrected chi connectivity index (χ0v) is 13.1. The standard InChI is InChI=1S/C16H22N4O2/c1-11(16(21)17-13-5-3-4-6-13)20(2)10-12-7-8-14-15(9-12)19-22-18-14/h7-9,11,13H,3-6,10H2,1-2H3,(H,17,21). The number of carbonyl (C=O) groups excluding carboxylic acids is 1. The van der Waals surface area contributed by atoms with Crippen molar-refractivity contribution in [2.45, 2.75) is 51.2 Å². The van der Waals surface area contributed by atoms with Gasteiger partial charge in [0.15, 0.2) is 0 Å². The van der Waals surface area contributed by atoms with Crippen molar-refractivity contribution in [1.29, 1.82) is 0 Å². The lowest BCUT2D eigenvalue weighted by Gasteiger charge is -2.25. The number of fused-ring (bicyclic) bond motifs is 1. The topological polar surface area (TPSA) is 71.3 Å². The first-order valence-corrected chi connectivity index (χ1v) is 7.85. The van der Waals surface area contributed by atoms with E-state index in [1.807, 2.05) is 37.1 Å². The molecule has 1 heterocycles. The Labute approximate surface area is 129 Å². The third-order valence-corrected chi connectivity index (χ3v) is 4.49. The van der Waals surface area contributed by atoms with E-state index >= 15 is 0 Å². The van der Waals surface area contributed by atoms with Gasteiger partial charge in [-0.1, -0.05) is 18.9 Å². The molecule has 0 aliphatic heterocycles. The minimum Gasteiger partial charge on any atom is -0.352 e. The lowest BCUT2D eigenvalue weighted by atomic mass is 10.1. The van der Waals surface area contributed by atoms with Crippen molar-refractivity contribution in [2.24, 2.45) is 0 Å². The van der Waals surface area contributed by atoms with Gasteiger partial charge in [0.25, 0.3) is 0 Å². The average Bonchev–Trinajstić information content (AvgIpc) is 3.16. The molecule has 1 N–H and O–H groups in total. The number of hydrogen-bond acceptors (Lipinski definition) is 5. The van der Waals surface area contributed by atoms with E-state index in [-0.39, 0.29) is 11.9 Å². The summed E-state index contributed by atoms with van der Waals surface area (Å²) in [6.07, 6.45) is 4.66. The van der Waals surface area contributed by atoms with Crippen LogP contribution < -0.4 is 5.32 Å². The minimum absolute atomic E-state index is 0.110. The second-order valence-electron chi connectivity index (χ2n) is 6.17. The van der Waals surface area contributed by atoms with E-state index in [1.54, 1.807) is 0 Å². The maximum absolute atomic E-state index is 12.3. The summed E-state index contributed by atoms with van der Waals surface area (Å²) in [5.41, 5.74) is 2.58. The second kappa shape index (κ2) is 6.44. The molecule has 1 aromatic heterocycles. The number of rotatable bonds is 5. The predicted octanol–water partition coefficient (Wildman–Crippen LogP) is 2.10. The molecule has 0 saturated heterocycles. The smallest absolute Gasteiger partial charge is 0.237 e. The Morgan fingerprint density at radius 2 is 2.09 bits per heavy atom. The summed E-state index contributed by atoms with van der Waals surface area (Å²) in [5.74, 6) is 0.110. The molecule has 1 amide bonds. The summed E-state index contributed by atoms with van der Waals surface area (Å²) in [6, 6.07) is 6.03. The Kier molecular flexibility index (Phi) is 4.38.